The van der Waals surface area contributed by atoms with Gasteiger partial charge in [-0.25, -0.2) is 4.98 Å². The van der Waals surface area contributed by atoms with Gasteiger partial charge in [-0.05, 0) is 56.1 Å². The van der Waals surface area contributed by atoms with Crippen molar-refractivity contribution in [3.63, 3.8) is 0 Å². The fourth-order valence-electron chi connectivity index (χ4n) is 1.43. The van der Waals surface area contributed by atoms with Crippen molar-refractivity contribution in [1.82, 2.24) is 4.98 Å². The summed E-state index contributed by atoms with van der Waals surface area (Å²) in [7, 11) is 0. The van der Waals surface area contributed by atoms with Gasteiger partial charge in [-0.3, -0.25) is 0 Å². The Morgan fingerprint density at radius 2 is 1.90 bits per heavy atom. The van der Waals surface area contributed by atoms with Crippen molar-refractivity contribution in [3.05, 3.63) is 44.4 Å². The molecule has 0 spiro atoms. The Bertz CT molecular complexity index is 667. The van der Waals surface area contributed by atoms with Gasteiger partial charge in [-0.2, -0.15) is 0 Å². The molecule has 3 nitrogen and oxygen atoms in total. The van der Waals surface area contributed by atoms with Crippen molar-refractivity contribution < 1.29 is 17.9 Å². The maximum absolute atomic E-state index is 12.2. The Morgan fingerprint density at radius 3 is 2.48 bits per heavy atom. The van der Waals surface area contributed by atoms with Crippen LogP contribution >= 0.6 is 43.5 Å². The van der Waals surface area contributed by atoms with E-state index in [0.717, 1.165) is 0 Å². The average Bonchev–Trinajstić information content (AvgIpc) is 2.35. The molecular weight excluding hydrogens is 440 g/mol. The number of hydrogen-bond acceptors (Lipinski definition) is 3. The van der Waals surface area contributed by atoms with Crippen LogP contribution in [0.1, 0.15) is 0 Å². The molecule has 21 heavy (non-hydrogen) atoms. The summed E-state index contributed by atoms with van der Waals surface area (Å²) in [4.78, 5) is 4.07. The summed E-state index contributed by atoms with van der Waals surface area (Å²) in [6, 6.07) is 5.69. The van der Waals surface area contributed by atoms with Gasteiger partial charge < -0.3 is 10.1 Å². The fraction of sp³-hybridized carbons (Fsp3) is 0.0833. The van der Waals surface area contributed by atoms with E-state index in [2.05, 4.69) is 46.9 Å². The molecule has 0 atom stereocenters. The first-order valence-electron chi connectivity index (χ1n) is 5.38. The standard InChI is InChI=1S/C12H6Br2ClF3N2O/c13-6-3-9(15)11(19-5-6)20-7-1-2-10(8(14)4-7)21-12(16,17)18/h1-5H,(H,19,20). The lowest BCUT2D eigenvalue weighted by Gasteiger charge is -2.12. The number of nitrogens with one attached hydrogen (secondary N) is 1. The molecule has 1 heterocycles. The van der Waals surface area contributed by atoms with Crippen LogP contribution in [0.25, 0.3) is 0 Å². The second-order valence-electron chi connectivity index (χ2n) is 3.80. The third kappa shape index (κ3) is 4.76. The van der Waals surface area contributed by atoms with Gasteiger partial charge in [0.25, 0.3) is 0 Å². The predicted molar refractivity (Wildman–Crippen MR) is 81.1 cm³/mol. The third-order valence-electron chi connectivity index (χ3n) is 2.23. The number of aromatic nitrogens is 1. The molecule has 112 valence electrons. The van der Waals surface area contributed by atoms with E-state index in [-0.39, 0.29) is 10.2 Å². The van der Waals surface area contributed by atoms with Gasteiger partial charge in [0.05, 0.1) is 9.50 Å². The molecule has 0 aliphatic rings. The van der Waals surface area contributed by atoms with Crippen LogP contribution in [-0.4, -0.2) is 11.3 Å². The highest BCUT2D eigenvalue weighted by atomic mass is 79.9. The van der Waals surface area contributed by atoms with Gasteiger partial charge in [-0.15, -0.1) is 13.2 Å². The van der Waals surface area contributed by atoms with Gasteiger partial charge in [0.15, 0.2) is 0 Å². The van der Waals surface area contributed by atoms with Crippen LogP contribution in [0.2, 0.25) is 5.02 Å². The number of ether oxygens (including phenoxy) is 1. The van der Waals surface area contributed by atoms with Gasteiger partial charge in [0.2, 0.25) is 0 Å². The molecule has 0 saturated carbocycles. The van der Waals surface area contributed by atoms with Crippen LogP contribution < -0.4 is 10.1 Å². The van der Waals surface area contributed by atoms with Gasteiger partial charge in [0.1, 0.15) is 11.6 Å². The molecular formula is C12H6Br2ClF3N2O. The number of pyridine rings is 1. The largest absolute Gasteiger partial charge is 0.573 e. The number of alkyl halides is 3. The molecule has 1 aromatic carbocycles. The van der Waals surface area contributed by atoms with E-state index in [9.17, 15) is 13.2 Å². The molecule has 0 fully saturated rings. The Balaban J connectivity index is 2.20. The van der Waals surface area contributed by atoms with E-state index in [4.69, 9.17) is 11.6 Å². The summed E-state index contributed by atoms with van der Waals surface area (Å²) in [5, 5.41) is 3.27. The van der Waals surface area contributed by atoms with Crippen molar-refractivity contribution in [2.75, 3.05) is 5.32 Å². The molecule has 9 heteroatoms. The van der Waals surface area contributed by atoms with Crippen LogP contribution in [0.4, 0.5) is 24.7 Å². The Labute approximate surface area is 139 Å². The molecule has 2 rings (SSSR count). The molecule has 0 aliphatic carbocycles. The highest BCUT2D eigenvalue weighted by Crippen LogP contribution is 2.34. The van der Waals surface area contributed by atoms with Crippen molar-refractivity contribution in [2.45, 2.75) is 6.36 Å². The lowest BCUT2D eigenvalue weighted by molar-refractivity contribution is -0.274. The summed E-state index contributed by atoms with van der Waals surface area (Å²) in [6.07, 6.45) is -3.20. The van der Waals surface area contributed by atoms with Crippen LogP contribution in [0.15, 0.2) is 39.4 Å². The summed E-state index contributed by atoms with van der Waals surface area (Å²) in [6.45, 7) is 0. The van der Waals surface area contributed by atoms with Gasteiger partial charge in [0, 0.05) is 16.4 Å². The molecule has 0 saturated heterocycles. The topological polar surface area (TPSA) is 34.1 Å². The summed E-state index contributed by atoms with van der Waals surface area (Å²) >= 11 is 12.2. The number of halogens is 6. The predicted octanol–water partition coefficient (Wildman–Crippen LogP) is 5.90. The summed E-state index contributed by atoms with van der Waals surface area (Å²) in [5.74, 6) is 0.0548. The van der Waals surface area contributed by atoms with E-state index in [1.807, 2.05) is 0 Å². The van der Waals surface area contributed by atoms with Crippen molar-refractivity contribution in [3.8, 4) is 5.75 Å². The minimum Gasteiger partial charge on any atom is -0.405 e. The summed E-state index contributed by atoms with van der Waals surface area (Å²) < 4.78 is 41.2. The second-order valence-corrected chi connectivity index (χ2v) is 5.98. The SMILES string of the molecule is FC(F)(F)Oc1ccc(Nc2ncc(Br)cc2Cl)cc1Br. The minimum atomic E-state index is -4.74. The highest BCUT2D eigenvalue weighted by Gasteiger charge is 2.31. The van der Waals surface area contributed by atoms with Gasteiger partial charge in [-0.1, -0.05) is 11.6 Å². The van der Waals surface area contributed by atoms with E-state index in [0.29, 0.717) is 21.0 Å². The molecule has 0 radical (unpaired) electrons. The highest BCUT2D eigenvalue weighted by molar-refractivity contribution is 9.10. The van der Waals surface area contributed by atoms with Gasteiger partial charge >= 0.3 is 6.36 Å². The normalized spacial score (nSPS) is 11.3. The quantitative estimate of drug-likeness (QED) is 0.637. The zero-order valence-electron chi connectivity index (χ0n) is 10.0. The van der Waals surface area contributed by atoms with E-state index in [1.165, 1.54) is 18.2 Å². The molecule has 1 aromatic heterocycles. The maximum atomic E-state index is 12.2. The Morgan fingerprint density at radius 1 is 1.19 bits per heavy atom. The molecule has 0 amide bonds. The van der Waals surface area contributed by atoms with E-state index < -0.39 is 6.36 Å². The first kappa shape index (κ1) is 16.4. The molecule has 0 bridgehead atoms. The fourth-order valence-corrected chi connectivity index (χ4v) is 2.57. The second kappa shape index (κ2) is 6.41. The zero-order valence-corrected chi connectivity index (χ0v) is 13.9. The Hall–Kier alpha value is -0.990. The van der Waals surface area contributed by atoms with Crippen LogP contribution in [0.3, 0.4) is 0 Å². The Kier molecular flexibility index (Phi) is 5.00. The zero-order chi connectivity index (χ0) is 15.6. The van der Waals surface area contributed by atoms with Crippen molar-refractivity contribution >= 4 is 55.0 Å². The average molecular weight is 446 g/mol. The van der Waals surface area contributed by atoms with Crippen molar-refractivity contribution in [1.29, 1.82) is 0 Å². The first-order valence-corrected chi connectivity index (χ1v) is 7.34. The number of rotatable bonds is 3. The van der Waals surface area contributed by atoms with Crippen molar-refractivity contribution in [2.24, 2.45) is 0 Å². The first-order chi connectivity index (χ1) is 9.74. The lowest BCUT2D eigenvalue weighted by Crippen LogP contribution is -2.17. The molecule has 0 aliphatic heterocycles. The number of hydrogen-bond donors (Lipinski definition) is 1. The van der Waals surface area contributed by atoms with Crippen LogP contribution in [0.5, 0.6) is 5.75 Å². The van der Waals surface area contributed by atoms with E-state index in [1.54, 1.807) is 12.3 Å². The molecule has 2 aromatic rings. The number of anilines is 2. The monoisotopic (exact) mass is 444 g/mol. The van der Waals surface area contributed by atoms with Crippen LogP contribution in [-0.2, 0) is 0 Å². The summed E-state index contributed by atoms with van der Waals surface area (Å²) in [5.41, 5.74) is 0.508. The van der Waals surface area contributed by atoms with E-state index >= 15 is 0 Å². The molecule has 1 N–H and O–H groups in total. The van der Waals surface area contributed by atoms with Crippen LogP contribution in [0, 0.1) is 0 Å². The molecule has 0 unspecified atom stereocenters. The maximum Gasteiger partial charge on any atom is 0.573 e. The minimum absolute atomic E-state index is 0.151. The number of benzene rings is 1. The number of nitrogens with zero attached hydrogens (tertiary/aromatic N) is 1. The smallest absolute Gasteiger partial charge is 0.405 e. The lowest BCUT2D eigenvalue weighted by atomic mass is 10.3. The third-order valence-corrected chi connectivity index (χ3v) is 3.57.